The van der Waals surface area contributed by atoms with Crippen LogP contribution in [0.4, 0.5) is 0 Å². The maximum Gasteiger partial charge on any atom is 0.329 e. The Balaban J connectivity index is 2.12. The highest BCUT2D eigenvalue weighted by Gasteiger charge is 2.71. The molecule has 4 heteroatoms. The largest absolute Gasteiger partial charge is 0.458 e. The molecule has 3 heterocycles. The second-order valence-corrected chi connectivity index (χ2v) is 4.11. The summed E-state index contributed by atoms with van der Waals surface area (Å²) in [6, 6.07) is 2.07. The minimum atomic E-state index is -0.970. The zero-order chi connectivity index (χ0) is 9.22. The van der Waals surface area contributed by atoms with E-state index in [0.29, 0.717) is 6.42 Å². The third-order valence-corrected chi connectivity index (χ3v) is 3.54. The van der Waals surface area contributed by atoms with E-state index in [2.05, 4.69) is 6.07 Å². The Bertz CT molecular complexity index is 334. The fourth-order valence-corrected chi connectivity index (χ4v) is 2.69. The molecular weight excluding hydrogens is 170 g/mol. The molecule has 0 saturated carbocycles. The Labute approximate surface area is 75.4 Å². The Morgan fingerprint density at radius 2 is 2.46 bits per heavy atom. The quantitative estimate of drug-likeness (QED) is 0.499. The van der Waals surface area contributed by atoms with Crippen molar-refractivity contribution in [2.75, 3.05) is 0 Å². The molecule has 3 saturated heterocycles. The summed E-state index contributed by atoms with van der Waals surface area (Å²) in [6.07, 6.45) is 0.0852. The molecule has 3 fully saturated rings. The van der Waals surface area contributed by atoms with Gasteiger partial charge in [-0.1, -0.05) is 6.92 Å². The van der Waals surface area contributed by atoms with Crippen LogP contribution in [-0.2, 0) is 14.3 Å². The summed E-state index contributed by atoms with van der Waals surface area (Å²) in [5, 5.41) is 8.99. The van der Waals surface area contributed by atoms with Crippen molar-refractivity contribution in [1.82, 2.24) is 0 Å². The summed E-state index contributed by atoms with van der Waals surface area (Å²) in [5.41, 5.74) is -0.970. The standard InChI is InChI=1S/C9H9NO3/c1-4-5-2-9(3-10)7(12-5)6(4)13-8(9)11/h4-7H,2H2,1H3/t4-,5?,6?,7?,9?/m1/s1. The lowest BCUT2D eigenvalue weighted by Crippen LogP contribution is -2.38. The highest BCUT2D eigenvalue weighted by Crippen LogP contribution is 2.56. The van der Waals surface area contributed by atoms with Gasteiger partial charge in [-0.25, -0.2) is 0 Å². The van der Waals surface area contributed by atoms with Crippen molar-refractivity contribution in [3.05, 3.63) is 0 Å². The summed E-state index contributed by atoms with van der Waals surface area (Å²) < 4.78 is 10.7. The van der Waals surface area contributed by atoms with Crippen LogP contribution >= 0.6 is 0 Å². The van der Waals surface area contributed by atoms with Crippen LogP contribution in [0.1, 0.15) is 13.3 Å². The average molecular weight is 179 g/mol. The lowest BCUT2D eigenvalue weighted by atomic mass is 9.73. The maximum absolute atomic E-state index is 11.5. The molecule has 68 valence electrons. The Morgan fingerprint density at radius 1 is 1.69 bits per heavy atom. The molecule has 0 spiro atoms. The highest BCUT2D eigenvalue weighted by atomic mass is 16.6. The van der Waals surface area contributed by atoms with Gasteiger partial charge in [0.05, 0.1) is 12.2 Å². The molecular formula is C9H9NO3. The van der Waals surface area contributed by atoms with Crippen LogP contribution < -0.4 is 0 Å². The topological polar surface area (TPSA) is 59.3 Å². The smallest absolute Gasteiger partial charge is 0.329 e. The molecule has 0 aromatic heterocycles. The molecule has 13 heavy (non-hydrogen) atoms. The molecule has 2 bridgehead atoms. The fourth-order valence-electron chi connectivity index (χ4n) is 2.69. The number of hydrogen-bond acceptors (Lipinski definition) is 4. The number of nitriles is 1. The summed E-state index contributed by atoms with van der Waals surface area (Å²) >= 11 is 0. The van der Waals surface area contributed by atoms with Crippen LogP contribution in [0.5, 0.6) is 0 Å². The van der Waals surface area contributed by atoms with Gasteiger partial charge in [-0.15, -0.1) is 0 Å². The molecule has 4 unspecified atom stereocenters. The van der Waals surface area contributed by atoms with E-state index >= 15 is 0 Å². The molecule has 0 aromatic carbocycles. The summed E-state index contributed by atoms with van der Waals surface area (Å²) in [7, 11) is 0. The van der Waals surface area contributed by atoms with Crippen LogP contribution in [0.3, 0.4) is 0 Å². The zero-order valence-corrected chi connectivity index (χ0v) is 7.19. The van der Waals surface area contributed by atoms with E-state index in [1.54, 1.807) is 0 Å². The monoisotopic (exact) mass is 179 g/mol. The second-order valence-electron chi connectivity index (χ2n) is 4.11. The van der Waals surface area contributed by atoms with E-state index in [0.717, 1.165) is 0 Å². The van der Waals surface area contributed by atoms with Crippen LogP contribution in [-0.4, -0.2) is 24.3 Å². The van der Waals surface area contributed by atoms with E-state index in [-0.39, 0.29) is 30.2 Å². The molecule has 3 aliphatic heterocycles. The normalized spacial score (nSPS) is 56.5. The Kier molecular flexibility index (Phi) is 1.06. The lowest BCUT2D eigenvalue weighted by molar-refractivity contribution is -0.146. The van der Waals surface area contributed by atoms with Gasteiger partial charge in [0.15, 0.2) is 5.41 Å². The van der Waals surface area contributed by atoms with Gasteiger partial charge < -0.3 is 9.47 Å². The van der Waals surface area contributed by atoms with Crippen molar-refractivity contribution in [2.24, 2.45) is 11.3 Å². The van der Waals surface area contributed by atoms with Crippen molar-refractivity contribution in [3.63, 3.8) is 0 Å². The second kappa shape index (κ2) is 1.88. The van der Waals surface area contributed by atoms with Gasteiger partial charge in [0.25, 0.3) is 0 Å². The average Bonchev–Trinajstić information content (AvgIpc) is 2.68. The van der Waals surface area contributed by atoms with Gasteiger partial charge >= 0.3 is 5.97 Å². The van der Waals surface area contributed by atoms with Gasteiger partial charge in [-0.3, -0.25) is 4.79 Å². The zero-order valence-electron chi connectivity index (χ0n) is 7.19. The van der Waals surface area contributed by atoms with Gasteiger partial charge in [0, 0.05) is 12.3 Å². The fraction of sp³-hybridized carbons (Fsp3) is 0.778. The van der Waals surface area contributed by atoms with E-state index < -0.39 is 5.41 Å². The number of hydrogen-bond donors (Lipinski definition) is 0. The third-order valence-electron chi connectivity index (χ3n) is 3.54. The molecule has 5 atom stereocenters. The summed E-state index contributed by atoms with van der Waals surface area (Å²) in [6.45, 7) is 2.01. The van der Waals surface area contributed by atoms with Crippen molar-refractivity contribution in [1.29, 1.82) is 5.26 Å². The van der Waals surface area contributed by atoms with E-state index in [4.69, 9.17) is 14.7 Å². The first-order valence-corrected chi connectivity index (χ1v) is 4.47. The van der Waals surface area contributed by atoms with E-state index in [1.165, 1.54) is 0 Å². The minimum Gasteiger partial charge on any atom is -0.458 e. The highest BCUT2D eigenvalue weighted by molar-refractivity contribution is 5.84. The number of esters is 1. The molecule has 0 N–H and O–H groups in total. The molecule has 0 aliphatic carbocycles. The van der Waals surface area contributed by atoms with Crippen molar-refractivity contribution >= 4 is 5.97 Å². The minimum absolute atomic E-state index is 0.0427. The van der Waals surface area contributed by atoms with Gasteiger partial charge in [-0.2, -0.15) is 5.26 Å². The van der Waals surface area contributed by atoms with Crippen LogP contribution in [0.25, 0.3) is 0 Å². The predicted molar refractivity (Wildman–Crippen MR) is 40.4 cm³/mol. The number of fused-ring (bicyclic) bond motifs is 1. The Hall–Kier alpha value is -1.08. The molecule has 4 nitrogen and oxygen atoms in total. The van der Waals surface area contributed by atoms with E-state index in [1.807, 2.05) is 6.92 Å². The number of carbonyl (C=O) groups is 1. The van der Waals surface area contributed by atoms with Crippen LogP contribution in [0, 0.1) is 22.7 Å². The Morgan fingerprint density at radius 3 is 3.08 bits per heavy atom. The van der Waals surface area contributed by atoms with Gasteiger partial charge in [-0.05, 0) is 0 Å². The molecule has 3 rings (SSSR count). The maximum atomic E-state index is 11.5. The molecule has 0 aromatic rings. The SMILES string of the molecule is C[C@@H]1C2CC3(C#N)C(=O)OC1C3O2. The molecule has 0 amide bonds. The van der Waals surface area contributed by atoms with Crippen molar-refractivity contribution < 1.29 is 14.3 Å². The van der Waals surface area contributed by atoms with Crippen LogP contribution in [0.15, 0.2) is 0 Å². The lowest BCUT2D eigenvalue weighted by Gasteiger charge is -2.20. The first-order chi connectivity index (χ1) is 6.19. The number of carbonyl (C=O) groups excluding carboxylic acids is 1. The first kappa shape index (κ1) is 7.34. The summed E-state index contributed by atoms with van der Waals surface area (Å²) in [5.74, 6) is -0.130. The van der Waals surface area contributed by atoms with Gasteiger partial charge in [0.2, 0.25) is 0 Å². The third kappa shape index (κ3) is 0.574. The van der Waals surface area contributed by atoms with E-state index in [9.17, 15) is 4.79 Å². The van der Waals surface area contributed by atoms with Crippen molar-refractivity contribution in [2.45, 2.75) is 31.7 Å². The van der Waals surface area contributed by atoms with Crippen molar-refractivity contribution in [3.8, 4) is 6.07 Å². The van der Waals surface area contributed by atoms with Crippen LogP contribution in [0.2, 0.25) is 0 Å². The first-order valence-electron chi connectivity index (χ1n) is 4.47. The van der Waals surface area contributed by atoms with Gasteiger partial charge in [0.1, 0.15) is 12.2 Å². The predicted octanol–water partition coefficient (Wildman–Crippen LogP) is 0.229. The molecule has 0 radical (unpaired) electrons. The number of rotatable bonds is 0. The number of nitrogens with zero attached hydrogens (tertiary/aromatic N) is 1. The summed E-state index contributed by atoms with van der Waals surface area (Å²) in [4.78, 5) is 11.5. The number of ether oxygens (including phenoxy) is 2. The molecule has 3 aliphatic rings.